The second kappa shape index (κ2) is 9.00. The number of hydrogen-bond donors (Lipinski definition) is 1. The second-order valence-electron chi connectivity index (χ2n) is 6.56. The van der Waals surface area contributed by atoms with E-state index in [0.717, 1.165) is 22.6 Å². The number of nitrogens with zero attached hydrogens (tertiary/aromatic N) is 4. The summed E-state index contributed by atoms with van der Waals surface area (Å²) in [4.78, 5) is 12.5. The molecule has 1 heterocycles. The molecule has 0 saturated carbocycles. The van der Waals surface area contributed by atoms with Gasteiger partial charge in [-0.1, -0.05) is 42.5 Å². The van der Waals surface area contributed by atoms with Gasteiger partial charge in [-0.15, -0.1) is 5.10 Å². The first-order valence-corrected chi connectivity index (χ1v) is 9.69. The number of rotatable bonds is 7. The van der Waals surface area contributed by atoms with E-state index in [1.54, 1.807) is 4.68 Å². The molecule has 0 aliphatic rings. The number of carbonyl (C=O) groups excluding carboxylic acids is 1. The molecule has 7 heteroatoms. The van der Waals surface area contributed by atoms with E-state index < -0.39 is 0 Å². The molecule has 1 aromatic heterocycles. The Morgan fingerprint density at radius 3 is 2.33 bits per heavy atom. The van der Waals surface area contributed by atoms with Crippen molar-refractivity contribution in [3.63, 3.8) is 0 Å². The third-order valence-corrected chi connectivity index (χ3v) is 4.59. The number of hydrogen-bond acceptors (Lipinski definition) is 5. The lowest BCUT2D eigenvalue weighted by Crippen LogP contribution is -2.24. The minimum Gasteiger partial charge on any atom is -0.494 e. The quantitative estimate of drug-likeness (QED) is 0.513. The van der Waals surface area contributed by atoms with E-state index in [0.29, 0.717) is 18.0 Å². The Morgan fingerprint density at radius 1 is 0.933 bits per heavy atom. The van der Waals surface area contributed by atoms with Crippen molar-refractivity contribution in [1.82, 2.24) is 25.5 Å². The van der Waals surface area contributed by atoms with Crippen LogP contribution in [0, 0.1) is 0 Å². The summed E-state index contributed by atoms with van der Waals surface area (Å²) in [6.45, 7) is 2.75. The molecule has 0 aliphatic heterocycles. The average Bonchev–Trinajstić information content (AvgIpc) is 3.27. The second-order valence-corrected chi connectivity index (χ2v) is 6.56. The summed E-state index contributed by atoms with van der Waals surface area (Å²) in [6.07, 6.45) is 0. The maximum absolute atomic E-state index is 12.5. The van der Waals surface area contributed by atoms with Crippen LogP contribution in [0.25, 0.3) is 16.8 Å². The highest BCUT2D eigenvalue weighted by Gasteiger charge is 2.11. The molecule has 0 fully saturated rings. The summed E-state index contributed by atoms with van der Waals surface area (Å²) < 4.78 is 7.05. The maximum Gasteiger partial charge on any atom is 0.251 e. The average molecular weight is 399 g/mol. The van der Waals surface area contributed by atoms with Gasteiger partial charge in [-0.2, -0.15) is 4.68 Å². The fraction of sp³-hybridized carbons (Fsp3) is 0.130. The Kier molecular flexibility index (Phi) is 5.80. The lowest BCUT2D eigenvalue weighted by Gasteiger charge is -2.08. The molecule has 3 aromatic carbocycles. The van der Waals surface area contributed by atoms with E-state index in [4.69, 9.17) is 4.74 Å². The normalized spacial score (nSPS) is 10.6. The van der Waals surface area contributed by atoms with Gasteiger partial charge in [0, 0.05) is 5.56 Å². The van der Waals surface area contributed by atoms with Gasteiger partial charge in [-0.25, -0.2) is 0 Å². The van der Waals surface area contributed by atoms with E-state index in [1.807, 2.05) is 85.8 Å². The van der Waals surface area contributed by atoms with Gasteiger partial charge in [0.15, 0.2) is 5.82 Å². The van der Waals surface area contributed by atoms with Crippen molar-refractivity contribution in [3.05, 3.63) is 90.3 Å². The summed E-state index contributed by atoms with van der Waals surface area (Å²) in [7, 11) is 0. The number of nitrogens with one attached hydrogen (secondary N) is 1. The molecule has 0 aliphatic carbocycles. The van der Waals surface area contributed by atoms with Crippen LogP contribution in [0.15, 0.2) is 78.9 Å². The molecule has 0 saturated heterocycles. The van der Waals surface area contributed by atoms with Crippen molar-refractivity contribution < 1.29 is 9.53 Å². The smallest absolute Gasteiger partial charge is 0.251 e. The highest BCUT2D eigenvalue weighted by molar-refractivity contribution is 5.94. The molecular formula is C23H21N5O2. The van der Waals surface area contributed by atoms with Gasteiger partial charge in [-0.05, 0) is 64.9 Å². The van der Waals surface area contributed by atoms with E-state index in [2.05, 4.69) is 20.8 Å². The van der Waals surface area contributed by atoms with E-state index in [9.17, 15) is 4.79 Å². The van der Waals surface area contributed by atoms with Gasteiger partial charge >= 0.3 is 0 Å². The monoisotopic (exact) mass is 399 g/mol. The van der Waals surface area contributed by atoms with Gasteiger partial charge in [-0.3, -0.25) is 4.79 Å². The van der Waals surface area contributed by atoms with Crippen LogP contribution in [0.5, 0.6) is 5.75 Å². The van der Waals surface area contributed by atoms with Crippen molar-refractivity contribution in [3.8, 4) is 22.6 Å². The number of benzene rings is 3. The Bertz CT molecular complexity index is 1110. The largest absolute Gasteiger partial charge is 0.494 e. The van der Waals surface area contributed by atoms with Crippen LogP contribution in [0.4, 0.5) is 0 Å². The zero-order valence-electron chi connectivity index (χ0n) is 16.5. The van der Waals surface area contributed by atoms with Crippen LogP contribution in [-0.2, 0) is 6.54 Å². The first-order chi connectivity index (χ1) is 14.7. The predicted molar refractivity (Wildman–Crippen MR) is 113 cm³/mol. The fourth-order valence-electron chi connectivity index (χ4n) is 3.07. The zero-order chi connectivity index (χ0) is 20.8. The molecule has 150 valence electrons. The number of tetrazole rings is 1. The molecule has 0 radical (unpaired) electrons. The Balaban J connectivity index is 1.42. The SMILES string of the molecule is CCOc1ccc(-n2nnnc2CNC(=O)c2ccc(-c3ccccc3)cc2)cc1. The van der Waals surface area contributed by atoms with Crippen molar-refractivity contribution in [2.24, 2.45) is 0 Å². The van der Waals surface area contributed by atoms with Gasteiger partial charge in [0.2, 0.25) is 0 Å². The van der Waals surface area contributed by atoms with Crippen LogP contribution in [-0.4, -0.2) is 32.7 Å². The molecule has 0 unspecified atom stereocenters. The van der Waals surface area contributed by atoms with Crippen LogP contribution in [0.3, 0.4) is 0 Å². The van der Waals surface area contributed by atoms with Crippen molar-refractivity contribution in [2.45, 2.75) is 13.5 Å². The summed E-state index contributed by atoms with van der Waals surface area (Å²) in [5, 5.41) is 14.7. The van der Waals surface area contributed by atoms with Gasteiger partial charge in [0.1, 0.15) is 5.75 Å². The number of aromatic nitrogens is 4. The summed E-state index contributed by atoms with van der Waals surface area (Å²) >= 11 is 0. The molecule has 0 bridgehead atoms. The van der Waals surface area contributed by atoms with E-state index in [1.165, 1.54) is 0 Å². The zero-order valence-corrected chi connectivity index (χ0v) is 16.5. The molecule has 4 aromatic rings. The molecule has 30 heavy (non-hydrogen) atoms. The third-order valence-electron chi connectivity index (χ3n) is 4.59. The number of carbonyl (C=O) groups is 1. The first kappa shape index (κ1) is 19.3. The van der Waals surface area contributed by atoms with Gasteiger partial charge < -0.3 is 10.1 Å². The van der Waals surface area contributed by atoms with Crippen LogP contribution < -0.4 is 10.1 Å². The molecular weight excluding hydrogens is 378 g/mol. The summed E-state index contributed by atoms with van der Waals surface area (Å²) in [5.74, 6) is 1.13. The van der Waals surface area contributed by atoms with Crippen LogP contribution in [0.1, 0.15) is 23.1 Å². The fourth-order valence-corrected chi connectivity index (χ4v) is 3.07. The third kappa shape index (κ3) is 4.35. The predicted octanol–water partition coefficient (Wildman–Crippen LogP) is 3.66. The lowest BCUT2D eigenvalue weighted by atomic mass is 10.0. The molecule has 1 N–H and O–H groups in total. The van der Waals surface area contributed by atoms with Crippen molar-refractivity contribution >= 4 is 5.91 Å². The Hall–Kier alpha value is -4.00. The highest BCUT2D eigenvalue weighted by atomic mass is 16.5. The summed E-state index contributed by atoms with van der Waals surface area (Å²) in [5.41, 5.74) is 3.54. The van der Waals surface area contributed by atoms with Gasteiger partial charge in [0.25, 0.3) is 5.91 Å². The Morgan fingerprint density at radius 2 is 1.63 bits per heavy atom. The maximum atomic E-state index is 12.5. The first-order valence-electron chi connectivity index (χ1n) is 9.69. The lowest BCUT2D eigenvalue weighted by molar-refractivity contribution is 0.0949. The molecule has 1 amide bonds. The van der Waals surface area contributed by atoms with E-state index in [-0.39, 0.29) is 12.5 Å². The standard InChI is InChI=1S/C23H21N5O2/c1-2-30-21-14-12-20(13-15-21)28-22(25-26-27-28)16-24-23(29)19-10-8-18(9-11-19)17-6-4-3-5-7-17/h3-15H,2,16H2,1H3,(H,24,29). The number of ether oxygens (including phenoxy) is 1. The molecule has 0 atom stereocenters. The highest BCUT2D eigenvalue weighted by Crippen LogP contribution is 2.19. The van der Waals surface area contributed by atoms with E-state index >= 15 is 0 Å². The minimum atomic E-state index is -0.184. The molecule has 7 nitrogen and oxygen atoms in total. The van der Waals surface area contributed by atoms with Crippen molar-refractivity contribution in [2.75, 3.05) is 6.61 Å². The van der Waals surface area contributed by atoms with Crippen molar-refractivity contribution in [1.29, 1.82) is 0 Å². The number of amides is 1. The van der Waals surface area contributed by atoms with Crippen LogP contribution in [0.2, 0.25) is 0 Å². The molecule has 4 rings (SSSR count). The minimum absolute atomic E-state index is 0.184. The summed E-state index contributed by atoms with van der Waals surface area (Å²) in [6, 6.07) is 25.0. The topological polar surface area (TPSA) is 81.9 Å². The van der Waals surface area contributed by atoms with Gasteiger partial charge in [0.05, 0.1) is 18.8 Å². The Labute approximate surface area is 174 Å². The van der Waals surface area contributed by atoms with Crippen LogP contribution >= 0.6 is 0 Å². The molecule has 0 spiro atoms.